The highest BCUT2D eigenvalue weighted by Crippen LogP contribution is 2.29. The lowest BCUT2D eigenvalue weighted by atomic mass is 10.1. The van der Waals surface area contributed by atoms with Gasteiger partial charge in [0.05, 0.1) is 4.92 Å². The summed E-state index contributed by atoms with van der Waals surface area (Å²) in [6.45, 7) is 0. The molecular weight excluding hydrogens is 226 g/mol. The van der Waals surface area contributed by atoms with Crippen molar-refractivity contribution in [3.8, 4) is 11.1 Å². The first-order chi connectivity index (χ1) is 7.68. The van der Waals surface area contributed by atoms with Crippen LogP contribution in [0.15, 0.2) is 42.5 Å². The number of rotatable bonds is 2. The number of nitro benzene ring substituents is 1. The van der Waals surface area contributed by atoms with Crippen molar-refractivity contribution >= 4 is 17.3 Å². The molecule has 0 aliphatic rings. The number of nitro groups is 1. The second-order valence-electron chi connectivity index (χ2n) is 3.21. The molecule has 0 saturated heterocycles. The van der Waals surface area contributed by atoms with Gasteiger partial charge in [-0.25, -0.2) is 0 Å². The average Bonchev–Trinajstić information content (AvgIpc) is 2.30. The molecular formula is C12H7ClNO2. The van der Waals surface area contributed by atoms with Crippen LogP contribution in [0.5, 0.6) is 0 Å². The van der Waals surface area contributed by atoms with E-state index in [1.54, 1.807) is 30.3 Å². The first kappa shape index (κ1) is 10.6. The Labute approximate surface area is 97.4 Å². The Kier molecular flexibility index (Phi) is 2.88. The number of halogens is 1. The fourth-order valence-corrected chi connectivity index (χ4v) is 1.67. The lowest BCUT2D eigenvalue weighted by Gasteiger charge is -2.03. The molecule has 0 amide bonds. The van der Waals surface area contributed by atoms with Crippen molar-refractivity contribution in [3.05, 3.63) is 63.7 Å². The van der Waals surface area contributed by atoms with Gasteiger partial charge in [0.25, 0.3) is 5.69 Å². The minimum absolute atomic E-state index is 0.0569. The third-order valence-corrected chi connectivity index (χ3v) is 2.49. The maximum Gasteiger partial charge on any atom is 0.270 e. The topological polar surface area (TPSA) is 43.1 Å². The van der Waals surface area contributed by atoms with Crippen molar-refractivity contribution in [2.45, 2.75) is 0 Å². The predicted octanol–water partition coefficient (Wildman–Crippen LogP) is 3.72. The van der Waals surface area contributed by atoms with Gasteiger partial charge in [-0.1, -0.05) is 35.9 Å². The van der Waals surface area contributed by atoms with Gasteiger partial charge in [-0.15, -0.1) is 0 Å². The molecule has 2 aromatic carbocycles. The second-order valence-corrected chi connectivity index (χ2v) is 3.62. The SMILES string of the molecule is O=[N+]([O-])c1cccc(-c2cc[c]cc2Cl)c1. The number of hydrogen-bond donors (Lipinski definition) is 0. The first-order valence-corrected chi connectivity index (χ1v) is 4.97. The van der Waals surface area contributed by atoms with Gasteiger partial charge in [0.1, 0.15) is 0 Å². The standard InChI is InChI=1S/C12H7ClNO2/c13-12-7-2-1-6-11(12)9-4-3-5-10(8-9)14(15)16/h1,3-8H. The molecule has 0 N–H and O–H groups in total. The van der Waals surface area contributed by atoms with Gasteiger partial charge < -0.3 is 0 Å². The maximum atomic E-state index is 10.6. The highest BCUT2D eigenvalue weighted by atomic mass is 35.5. The van der Waals surface area contributed by atoms with E-state index in [2.05, 4.69) is 6.07 Å². The highest BCUT2D eigenvalue weighted by molar-refractivity contribution is 6.33. The van der Waals surface area contributed by atoms with Crippen LogP contribution in [0, 0.1) is 16.2 Å². The summed E-state index contributed by atoms with van der Waals surface area (Å²) in [5.74, 6) is 0. The molecule has 3 nitrogen and oxygen atoms in total. The van der Waals surface area contributed by atoms with Crippen LogP contribution in [0.1, 0.15) is 0 Å². The first-order valence-electron chi connectivity index (χ1n) is 4.59. The molecule has 0 fully saturated rings. The van der Waals surface area contributed by atoms with Crippen LogP contribution in [0.2, 0.25) is 5.02 Å². The highest BCUT2D eigenvalue weighted by Gasteiger charge is 2.08. The fourth-order valence-electron chi connectivity index (χ4n) is 1.43. The van der Waals surface area contributed by atoms with E-state index in [1.807, 2.05) is 0 Å². The number of benzene rings is 2. The van der Waals surface area contributed by atoms with Crippen molar-refractivity contribution in [3.63, 3.8) is 0 Å². The summed E-state index contributed by atoms with van der Waals surface area (Å²) in [6, 6.07) is 14.4. The molecule has 0 atom stereocenters. The zero-order valence-electron chi connectivity index (χ0n) is 8.18. The van der Waals surface area contributed by atoms with Crippen molar-refractivity contribution in [2.75, 3.05) is 0 Å². The molecule has 2 rings (SSSR count). The average molecular weight is 233 g/mol. The van der Waals surface area contributed by atoms with Gasteiger partial charge in [0, 0.05) is 22.7 Å². The van der Waals surface area contributed by atoms with Gasteiger partial charge in [0.15, 0.2) is 0 Å². The molecule has 79 valence electrons. The Hall–Kier alpha value is -1.87. The largest absolute Gasteiger partial charge is 0.270 e. The second kappa shape index (κ2) is 4.33. The normalized spacial score (nSPS) is 10.1. The fraction of sp³-hybridized carbons (Fsp3) is 0. The van der Waals surface area contributed by atoms with Crippen LogP contribution in [-0.4, -0.2) is 4.92 Å². The van der Waals surface area contributed by atoms with E-state index >= 15 is 0 Å². The smallest absolute Gasteiger partial charge is 0.258 e. The van der Waals surface area contributed by atoms with Crippen LogP contribution < -0.4 is 0 Å². The van der Waals surface area contributed by atoms with Crippen LogP contribution in [0.4, 0.5) is 5.69 Å². The van der Waals surface area contributed by atoms with Crippen molar-refractivity contribution in [1.29, 1.82) is 0 Å². The van der Waals surface area contributed by atoms with Crippen molar-refractivity contribution in [1.82, 2.24) is 0 Å². The van der Waals surface area contributed by atoms with Crippen molar-refractivity contribution in [2.24, 2.45) is 0 Å². The molecule has 16 heavy (non-hydrogen) atoms. The number of hydrogen-bond acceptors (Lipinski definition) is 2. The molecule has 0 aliphatic heterocycles. The Balaban J connectivity index is 2.53. The summed E-state index contributed by atoms with van der Waals surface area (Å²) in [7, 11) is 0. The summed E-state index contributed by atoms with van der Waals surface area (Å²) in [4.78, 5) is 10.2. The Morgan fingerprint density at radius 2 is 2.12 bits per heavy atom. The molecule has 0 unspecified atom stereocenters. The van der Waals surface area contributed by atoms with Gasteiger partial charge >= 0.3 is 0 Å². The van der Waals surface area contributed by atoms with Crippen LogP contribution >= 0.6 is 11.6 Å². The number of non-ortho nitro benzene ring substituents is 1. The van der Waals surface area contributed by atoms with Gasteiger partial charge in [-0.2, -0.15) is 0 Å². The Bertz CT molecular complexity index is 540. The molecule has 0 bridgehead atoms. The molecule has 0 aliphatic carbocycles. The van der Waals surface area contributed by atoms with Crippen LogP contribution in [0.25, 0.3) is 11.1 Å². The molecule has 0 spiro atoms. The monoisotopic (exact) mass is 232 g/mol. The van der Waals surface area contributed by atoms with Crippen LogP contribution in [-0.2, 0) is 0 Å². The summed E-state index contributed by atoms with van der Waals surface area (Å²) in [5, 5.41) is 11.2. The van der Waals surface area contributed by atoms with E-state index in [1.165, 1.54) is 12.1 Å². The minimum Gasteiger partial charge on any atom is -0.258 e. The molecule has 1 radical (unpaired) electrons. The third kappa shape index (κ3) is 2.04. The quantitative estimate of drug-likeness (QED) is 0.585. The summed E-state index contributed by atoms with van der Waals surface area (Å²) >= 11 is 5.99. The summed E-state index contributed by atoms with van der Waals surface area (Å²) < 4.78 is 0. The lowest BCUT2D eigenvalue weighted by molar-refractivity contribution is -0.384. The Morgan fingerprint density at radius 1 is 1.31 bits per heavy atom. The van der Waals surface area contributed by atoms with Crippen LogP contribution in [0.3, 0.4) is 0 Å². The van der Waals surface area contributed by atoms with Gasteiger partial charge in [0.2, 0.25) is 0 Å². The van der Waals surface area contributed by atoms with E-state index < -0.39 is 4.92 Å². The molecule has 2 aromatic rings. The van der Waals surface area contributed by atoms with Crippen molar-refractivity contribution < 1.29 is 4.92 Å². The molecule has 4 heteroatoms. The van der Waals surface area contributed by atoms with E-state index in [0.717, 1.165) is 11.1 Å². The van der Waals surface area contributed by atoms with E-state index in [9.17, 15) is 10.1 Å². The van der Waals surface area contributed by atoms with E-state index in [-0.39, 0.29) is 5.69 Å². The summed E-state index contributed by atoms with van der Waals surface area (Å²) in [6.07, 6.45) is 0. The summed E-state index contributed by atoms with van der Waals surface area (Å²) in [5.41, 5.74) is 1.55. The lowest BCUT2D eigenvalue weighted by Crippen LogP contribution is -1.88. The maximum absolute atomic E-state index is 10.6. The van der Waals surface area contributed by atoms with E-state index in [4.69, 9.17) is 11.6 Å². The van der Waals surface area contributed by atoms with Gasteiger partial charge in [-0.05, 0) is 17.7 Å². The molecule has 0 saturated carbocycles. The van der Waals surface area contributed by atoms with Gasteiger partial charge in [-0.3, -0.25) is 10.1 Å². The minimum atomic E-state index is -0.424. The van der Waals surface area contributed by atoms with E-state index in [0.29, 0.717) is 5.02 Å². The zero-order chi connectivity index (χ0) is 11.5. The number of nitrogens with zero attached hydrogens (tertiary/aromatic N) is 1. The zero-order valence-corrected chi connectivity index (χ0v) is 8.94. The predicted molar refractivity (Wildman–Crippen MR) is 62.4 cm³/mol. The molecule has 0 heterocycles. The Morgan fingerprint density at radius 3 is 2.81 bits per heavy atom. The molecule has 0 aromatic heterocycles. The third-order valence-electron chi connectivity index (χ3n) is 2.18.